The molecule has 6 nitrogen and oxygen atoms in total. The van der Waals surface area contributed by atoms with Crippen molar-refractivity contribution in [2.24, 2.45) is 14.1 Å². The minimum absolute atomic E-state index is 0.359. The first kappa shape index (κ1) is 14.1. The Morgan fingerprint density at radius 3 is 2.45 bits per heavy atom. The number of para-hydroxylation sites is 1. The molecular weight excluding hydrogens is 280 g/mol. The zero-order chi connectivity index (χ0) is 15.9. The predicted octanol–water partition coefficient (Wildman–Crippen LogP) is 1.68. The summed E-state index contributed by atoms with van der Waals surface area (Å²) in [6.45, 7) is 1.99. The lowest BCUT2D eigenvalue weighted by molar-refractivity contribution is 0.708. The zero-order valence-electron chi connectivity index (χ0n) is 12.6. The number of pyridine rings is 1. The quantitative estimate of drug-likeness (QED) is 0.781. The Morgan fingerprint density at radius 2 is 1.73 bits per heavy atom. The number of rotatable bonds is 2. The molecular formula is C16H16N4O2. The highest BCUT2D eigenvalue weighted by molar-refractivity contribution is 5.90. The summed E-state index contributed by atoms with van der Waals surface area (Å²) in [5.74, 6) is 0. The van der Waals surface area contributed by atoms with E-state index in [1.54, 1.807) is 19.3 Å². The van der Waals surface area contributed by atoms with Crippen molar-refractivity contribution in [3.8, 4) is 0 Å². The van der Waals surface area contributed by atoms with Crippen molar-refractivity contribution < 1.29 is 0 Å². The Bertz CT molecular complexity index is 986. The lowest BCUT2D eigenvalue weighted by atomic mass is 10.2. The van der Waals surface area contributed by atoms with E-state index in [-0.39, 0.29) is 5.56 Å². The predicted molar refractivity (Wildman–Crippen MR) is 86.7 cm³/mol. The third kappa shape index (κ3) is 2.09. The molecule has 0 aliphatic heterocycles. The maximum atomic E-state index is 12.5. The second-order valence-corrected chi connectivity index (χ2v) is 5.20. The van der Waals surface area contributed by atoms with Gasteiger partial charge in [-0.25, -0.2) is 9.78 Å². The van der Waals surface area contributed by atoms with E-state index in [4.69, 9.17) is 0 Å². The number of aromatic nitrogens is 3. The molecule has 0 amide bonds. The molecule has 3 rings (SSSR count). The van der Waals surface area contributed by atoms with E-state index in [9.17, 15) is 9.59 Å². The van der Waals surface area contributed by atoms with Crippen LogP contribution in [0.5, 0.6) is 0 Å². The van der Waals surface area contributed by atoms with Crippen LogP contribution in [0.15, 0.2) is 46.1 Å². The zero-order valence-corrected chi connectivity index (χ0v) is 12.6. The van der Waals surface area contributed by atoms with Crippen LogP contribution >= 0.6 is 0 Å². The monoisotopic (exact) mass is 296 g/mol. The summed E-state index contributed by atoms with van der Waals surface area (Å²) in [5.41, 5.74) is 2.22. The Kier molecular flexibility index (Phi) is 3.29. The molecule has 0 bridgehead atoms. The summed E-state index contributed by atoms with van der Waals surface area (Å²) in [4.78, 5) is 28.6. The van der Waals surface area contributed by atoms with Gasteiger partial charge in [-0.3, -0.25) is 13.9 Å². The van der Waals surface area contributed by atoms with Crippen molar-refractivity contribution in [3.63, 3.8) is 0 Å². The van der Waals surface area contributed by atoms with Crippen molar-refractivity contribution in [1.82, 2.24) is 14.1 Å². The van der Waals surface area contributed by atoms with Crippen molar-refractivity contribution in [2.45, 2.75) is 6.92 Å². The molecule has 22 heavy (non-hydrogen) atoms. The number of aryl methyl sites for hydroxylation is 2. The van der Waals surface area contributed by atoms with E-state index in [1.807, 2.05) is 31.2 Å². The number of fused-ring (bicyclic) bond motifs is 1. The van der Waals surface area contributed by atoms with Gasteiger partial charge in [0.25, 0.3) is 5.56 Å². The van der Waals surface area contributed by atoms with Crippen LogP contribution in [0, 0.1) is 6.92 Å². The topological polar surface area (TPSA) is 68.9 Å². The molecule has 0 radical (unpaired) electrons. The van der Waals surface area contributed by atoms with E-state index in [2.05, 4.69) is 10.3 Å². The molecule has 1 aromatic carbocycles. The van der Waals surface area contributed by atoms with Gasteiger partial charge in [0.05, 0.1) is 5.69 Å². The van der Waals surface area contributed by atoms with Gasteiger partial charge in [-0.1, -0.05) is 18.2 Å². The van der Waals surface area contributed by atoms with E-state index in [1.165, 1.54) is 11.6 Å². The fourth-order valence-electron chi connectivity index (χ4n) is 2.45. The van der Waals surface area contributed by atoms with Gasteiger partial charge in [-0.05, 0) is 24.6 Å². The highest BCUT2D eigenvalue weighted by atomic mass is 16.2. The Balaban J connectivity index is 2.30. The van der Waals surface area contributed by atoms with E-state index in [0.29, 0.717) is 16.7 Å². The molecule has 0 saturated carbocycles. The second kappa shape index (κ2) is 5.14. The number of anilines is 2. The first-order chi connectivity index (χ1) is 10.5. The van der Waals surface area contributed by atoms with Crippen LogP contribution in [0.25, 0.3) is 11.0 Å². The summed E-state index contributed by atoms with van der Waals surface area (Å²) in [6, 6.07) is 9.54. The van der Waals surface area contributed by atoms with Gasteiger partial charge in [-0.15, -0.1) is 0 Å². The lowest BCUT2D eigenvalue weighted by Gasteiger charge is -2.13. The normalized spacial score (nSPS) is 10.9. The van der Waals surface area contributed by atoms with Crippen LogP contribution in [0.2, 0.25) is 0 Å². The SMILES string of the molecule is Cc1ccccc1Nc1ccnc2c1c(=O)n(C)c(=O)n2C. The lowest BCUT2D eigenvalue weighted by Crippen LogP contribution is -2.37. The molecule has 2 aromatic heterocycles. The average molecular weight is 296 g/mol. The molecule has 2 heterocycles. The summed E-state index contributed by atoms with van der Waals surface area (Å²) in [5, 5.41) is 3.66. The molecule has 1 N–H and O–H groups in total. The Labute approximate surface area is 126 Å². The summed E-state index contributed by atoms with van der Waals surface area (Å²) < 4.78 is 2.47. The van der Waals surface area contributed by atoms with Crippen LogP contribution in [-0.4, -0.2) is 14.1 Å². The molecule has 0 aliphatic rings. The van der Waals surface area contributed by atoms with E-state index < -0.39 is 5.69 Å². The van der Waals surface area contributed by atoms with Gasteiger partial charge >= 0.3 is 5.69 Å². The average Bonchev–Trinajstić information content (AvgIpc) is 2.53. The van der Waals surface area contributed by atoms with Gasteiger partial charge in [0.2, 0.25) is 0 Å². The summed E-state index contributed by atoms with van der Waals surface area (Å²) in [7, 11) is 3.07. The third-order valence-corrected chi connectivity index (χ3v) is 3.76. The number of hydrogen-bond donors (Lipinski definition) is 1. The Morgan fingerprint density at radius 1 is 1.00 bits per heavy atom. The fraction of sp³-hybridized carbons (Fsp3) is 0.188. The van der Waals surface area contributed by atoms with Gasteiger partial charge in [-0.2, -0.15) is 0 Å². The first-order valence-corrected chi connectivity index (χ1v) is 6.88. The highest BCUT2D eigenvalue weighted by Gasteiger charge is 2.13. The number of nitrogens with one attached hydrogen (secondary N) is 1. The highest BCUT2D eigenvalue weighted by Crippen LogP contribution is 2.23. The standard InChI is InChI=1S/C16H16N4O2/c1-10-6-4-5-7-11(10)18-12-8-9-17-14-13(12)15(21)20(3)16(22)19(14)2/h4-9H,1-3H3,(H,17,18). The molecule has 0 aliphatic carbocycles. The molecule has 0 atom stereocenters. The smallest absolute Gasteiger partial charge is 0.332 e. The molecule has 0 fully saturated rings. The fourth-order valence-corrected chi connectivity index (χ4v) is 2.45. The van der Waals surface area contributed by atoms with Gasteiger partial charge in [0.1, 0.15) is 5.39 Å². The molecule has 6 heteroatoms. The number of benzene rings is 1. The number of nitrogens with zero attached hydrogens (tertiary/aromatic N) is 3. The van der Waals surface area contributed by atoms with Gasteiger partial charge in [0, 0.05) is 26.0 Å². The summed E-state index contributed by atoms with van der Waals surface area (Å²) >= 11 is 0. The second-order valence-electron chi connectivity index (χ2n) is 5.20. The maximum Gasteiger partial charge on any atom is 0.332 e. The molecule has 0 saturated heterocycles. The van der Waals surface area contributed by atoms with Crippen LogP contribution in [0.3, 0.4) is 0 Å². The first-order valence-electron chi connectivity index (χ1n) is 6.88. The third-order valence-electron chi connectivity index (χ3n) is 3.76. The van der Waals surface area contributed by atoms with Crippen molar-refractivity contribution in [2.75, 3.05) is 5.32 Å². The minimum atomic E-state index is -0.391. The van der Waals surface area contributed by atoms with Crippen LogP contribution in [-0.2, 0) is 14.1 Å². The van der Waals surface area contributed by atoms with E-state index >= 15 is 0 Å². The number of hydrogen-bond acceptors (Lipinski definition) is 4. The summed E-state index contributed by atoms with van der Waals surface area (Å²) in [6.07, 6.45) is 1.59. The van der Waals surface area contributed by atoms with Gasteiger partial charge < -0.3 is 5.32 Å². The van der Waals surface area contributed by atoms with Crippen LogP contribution < -0.4 is 16.6 Å². The van der Waals surface area contributed by atoms with Crippen LogP contribution in [0.4, 0.5) is 11.4 Å². The van der Waals surface area contributed by atoms with Crippen molar-refractivity contribution in [3.05, 3.63) is 62.9 Å². The molecule has 0 unspecified atom stereocenters. The molecule has 0 spiro atoms. The maximum absolute atomic E-state index is 12.5. The minimum Gasteiger partial charge on any atom is -0.354 e. The van der Waals surface area contributed by atoms with Crippen LogP contribution in [0.1, 0.15) is 5.56 Å². The molecule has 112 valence electrons. The largest absolute Gasteiger partial charge is 0.354 e. The van der Waals surface area contributed by atoms with Gasteiger partial charge in [0.15, 0.2) is 5.65 Å². The van der Waals surface area contributed by atoms with Crippen molar-refractivity contribution in [1.29, 1.82) is 0 Å². The van der Waals surface area contributed by atoms with Crippen molar-refractivity contribution >= 4 is 22.4 Å². The Hall–Kier alpha value is -2.89. The molecule has 3 aromatic rings. The van der Waals surface area contributed by atoms with E-state index in [0.717, 1.165) is 15.8 Å².